The predicted octanol–water partition coefficient (Wildman–Crippen LogP) is 5.02. The number of carbonyl (C=O) groups excluding carboxylic acids is 1. The number of amides is 1. The molecule has 146 valence electrons. The zero-order valence-electron chi connectivity index (χ0n) is 16.2. The Labute approximate surface area is 169 Å². The molecule has 0 aliphatic heterocycles. The summed E-state index contributed by atoms with van der Waals surface area (Å²) in [6, 6.07) is 20.5. The summed E-state index contributed by atoms with van der Waals surface area (Å²) in [5.74, 6) is -1.07. The van der Waals surface area contributed by atoms with Gasteiger partial charge in [0.25, 0.3) is 0 Å². The van der Waals surface area contributed by atoms with Gasteiger partial charge in [-0.1, -0.05) is 54.1 Å². The van der Waals surface area contributed by atoms with Gasteiger partial charge in [0.1, 0.15) is 5.75 Å². The second kappa shape index (κ2) is 8.89. The van der Waals surface area contributed by atoms with Gasteiger partial charge in [-0.2, -0.15) is 0 Å². The Morgan fingerprint density at radius 2 is 1.55 bits per heavy atom. The molecule has 0 atom stereocenters. The van der Waals surface area contributed by atoms with Crippen LogP contribution in [-0.4, -0.2) is 24.1 Å². The largest absolute Gasteiger partial charge is 0.495 e. The number of benzene rings is 3. The molecule has 0 heterocycles. The number of aromatic carboxylic acids is 1. The molecule has 0 aliphatic carbocycles. The van der Waals surface area contributed by atoms with Crippen LogP contribution in [0.15, 0.2) is 72.8 Å². The molecule has 0 saturated heterocycles. The number of nitrogens with one attached hydrogen (secondary N) is 1. The SMILES string of the molecule is COc1ccc(C(=O)O)cc1NC(=O)/C=C/c1ccc(-c2ccc(C)cc2)cc1. The Balaban J connectivity index is 1.70. The summed E-state index contributed by atoms with van der Waals surface area (Å²) in [7, 11) is 1.46. The second-order valence-electron chi connectivity index (χ2n) is 6.53. The van der Waals surface area contributed by atoms with Crippen molar-refractivity contribution in [1.82, 2.24) is 0 Å². The van der Waals surface area contributed by atoms with Crippen molar-refractivity contribution in [2.45, 2.75) is 6.92 Å². The van der Waals surface area contributed by atoms with E-state index in [0.29, 0.717) is 11.4 Å². The quantitative estimate of drug-likeness (QED) is 0.582. The van der Waals surface area contributed by atoms with Crippen molar-refractivity contribution in [3.05, 3.63) is 89.5 Å². The molecule has 0 radical (unpaired) electrons. The number of rotatable bonds is 6. The maximum atomic E-state index is 12.3. The van der Waals surface area contributed by atoms with Gasteiger partial charge in [-0.15, -0.1) is 0 Å². The van der Waals surface area contributed by atoms with Crippen LogP contribution in [0.5, 0.6) is 5.75 Å². The molecule has 0 fully saturated rings. The second-order valence-corrected chi connectivity index (χ2v) is 6.53. The molecule has 1 amide bonds. The van der Waals surface area contributed by atoms with Crippen LogP contribution >= 0.6 is 0 Å². The van der Waals surface area contributed by atoms with E-state index in [2.05, 4.69) is 36.5 Å². The zero-order valence-corrected chi connectivity index (χ0v) is 16.2. The molecule has 0 spiro atoms. The molecule has 2 N–H and O–H groups in total. The fourth-order valence-corrected chi connectivity index (χ4v) is 2.82. The van der Waals surface area contributed by atoms with E-state index in [1.54, 1.807) is 6.08 Å². The average Bonchev–Trinajstić information content (AvgIpc) is 2.73. The number of aryl methyl sites for hydroxylation is 1. The van der Waals surface area contributed by atoms with Crippen molar-refractivity contribution in [1.29, 1.82) is 0 Å². The summed E-state index contributed by atoms with van der Waals surface area (Å²) in [6.07, 6.45) is 3.09. The van der Waals surface area contributed by atoms with E-state index >= 15 is 0 Å². The molecule has 0 bridgehead atoms. The number of anilines is 1. The summed E-state index contributed by atoms with van der Waals surface area (Å²) >= 11 is 0. The van der Waals surface area contributed by atoms with Crippen LogP contribution in [0.1, 0.15) is 21.5 Å². The van der Waals surface area contributed by atoms with E-state index < -0.39 is 5.97 Å². The summed E-state index contributed by atoms with van der Waals surface area (Å²) in [4.78, 5) is 23.4. The molecule has 0 unspecified atom stereocenters. The number of carbonyl (C=O) groups is 2. The van der Waals surface area contributed by atoms with E-state index in [-0.39, 0.29) is 11.5 Å². The maximum Gasteiger partial charge on any atom is 0.335 e. The highest BCUT2D eigenvalue weighted by molar-refractivity contribution is 6.03. The standard InChI is InChI=1S/C24H21NO4/c1-16-3-8-18(9-4-16)19-10-5-17(6-11-19)7-14-23(26)25-21-15-20(24(27)28)12-13-22(21)29-2/h3-15H,1-2H3,(H,25,26)(H,27,28)/b14-7+. The van der Waals surface area contributed by atoms with Crippen molar-refractivity contribution in [3.8, 4) is 16.9 Å². The smallest absolute Gasteiger partial charge is 0.335 e. The Morgan fingerprint density at radius 1 is 0.931 bits per heavy atom. The fourth-order valence-electron chi connectivity index (χ4n) is 2.82. The highest BCUT2D eigenvalue weighted by Crippen LogP contribution is 2.26. The Morgan fingerprint density at radius 3 is 2.14 bits per heavy atom. The first kappa shape index (κ1) is 19.9. The molecule has 3 aromatic carbocycles. The van der Waals surface area contributed by atoms with Gasteiger partial charge in [0.05, 0.1) is 18.4 Å². The van der Waals surface area contributed by atoms with Crippen LogP contribution in [0.4, 0.5) is 5.69 Å². The van der Waals surface area contributed by atoms with E-state index in [1.807, 2.05) is 24.3 Å². The molecule has 0 aliphatic rings. The number of carboxylic acids is 1. The van der Waals surface area contributed by atoms with Crippen molar-refractivity contribution >= 4 is 23.6 Å². The Hall–Kier alpha value is -3.86. The number of carboxylic acid groups (broad SMARTS) is 1. The van der Waals surface area contributed by atoms with E-state index in [4.69, 9.17) is 9.84 Å². The number of ether oxygens (including phenoxy) is 1. The first-order chi connectivity index (χ1) is 14.0. The Bertz CT molecular complexity index is 1050. The van der Waals surface area contributed by atoms with E-state index in [0.717, 1.165) is 16.7 Å². The molecule has 3 aromatic rings. The van der Waals surface area contributed by atoms with Crippen LogP contribution in [0.2, 0.25) is 0 Å². The predicted molar refractivity (Wildman–Crippen MR) is 114 cm³/mol. The first-order valence-corrected chi connectivity index (χ1v) is 9.04. The topological polar surface area (TPSA) is 75.6 Å². The van der Waals surface area contributed by atoms with Gasteiger partial charge in [0, 0.05) is 6.08 Å². The highest BCUT2D eigenvalue weighted by atomic mass is 16.5. The van der Waals surface area contributed by atoms with Crippen LogP contribution in [-0.2, 0) is 4.79 Å². The minimum Gasteiger partial charge on any atom is -0.495 e. The van der Waals surface area contributed by atoms with E-state index in [9.17, 15) is 9.59 Å². The van der Waals surface area contributed by atoms with Gasteiger partial charge in [0.2, 0.25) is 5.91 Å². The summed E-state index contributed by atoms with van der Waals surface area (Å²) in [6.45, 7) is 2.05. The Kier molecular flexibility index (Phi) is 6.09. The number of hydrogen-bond acceptors (Lipinski definition) is 3. The van der Waals surface area contributed by atoms with Crippen LogP contribution < -0.4 is 10.1 Å². The summed E-state index contributed by atoms with van der Waals surface area (Å²) in [5, 5.41) is 11.8. The molecule has 29 heavy (non-hydrogen) atoms. The normalized spacial score (nSPS) is 10.7. The van der Waals surface area contributed by atoms with Gasteiger partial charge in [-0.25, -0.2) is 4.79 Å². The summed E-state index contributed by atoms with van der Waals surface area (Å²) < 4.78 is 5.17. The third kappa shape index (κ3) is 5.11. The lowest BCUT2D eigenvalue weighted by Gasteiger charge is -2.09. The van der Waals surface area contributed by atoms with Gasteiger partial charge in [-0.3, -0.25) is 4.79 Å². The maximum absolute atomic E-state index is 12.3. The minimum atomic E-state index is -1.08. The molecule has 5 nitrogen and oxygen atoms in total. The lowest BCUT2D eigenvalue weighted by atomic mass is 10.0. The monoisotopic (exact) mass is 387 g/mol. The fraction of sp³-hybridized carbons (Fsp3) is 0.0833. The van der Waals surface area contributed by atoms with Gasteiger partial charge < -0.3 is 15.2 Å². The van der Waals surface area contributed by atoms with Crippen molar-refractivity contribution in [2.24, 2.45) is 0 Å². The molecular formula is C24H21NO4. The number of methoxy groups -OCH3 is 1. The molecule has 5 heteroatoms. The van der Waals surface area contributed by atoms with E-state index in [1.165, 1.54) is 36.9 Å². The number of hydrogen-bond donors (Lipinski definition) is 2. The third-order valence-corrected chi connectivity index (χ3v) is 4.43. The van der Waals surface area contributed by atoms with Gasteiger partial charge >= 0.3 is 5.97 Å². The lowest BCUT2D eigenvalue weighted by molar-refractivity contribution is -0.111. The van der Waals surface area contributed by atoms with Crippen molar-refractivity contribution in [3.63, 3.8) is 0 Å². The molecule has 0 saturated carbocycles. The van der Waals surface area contributed by atoms with Crippen LogP contribution in [0, 0.1) is 6.92 Å². The zero-order chi connectivity index (χ0) is 20.8. The van der Waals surface area contributed by atoms with Crippen molar-refractivity contribution in [2.75, 3.05) is 12.4 Å². The average molecular weight is 387 g/mol. The van der Waals surface area contributed by atoms with Gasteiger partial charge in [-0.05, 0) is 47.9 Å². The summed E-state index contributed by atoms with van der Waals surface area (Å²) in [5.41, 5.74) is 4.69. The molecule has 3 rings (SSSR count). The molecule has 0 aromatic heterocycles. The lowest BCUT2D eigenvalue weighted by Crippen LogP contribution is -2.10. The van der Waals surface area contributed by atoms with Crippen LogP contribution in [0.3, 0.4) is 0 Å². The minimum absolute atomic E-state index is 0.0665. The first-order valence-electron chi connectivity index (χ1n) is 9.04. The molecular weight excluding hydrogens is 366 g/mol. The third-order valence-electron chi connectivity index (χ3n) is 4.43. The van der Waals surface area contributed by atoms with Crippen LogP contribution in [0.25, 0.3) is 17.2 Å². The van der Waals surface area contributed by atoms with Crippen molar-refractivity contribution < 1.29 is 19.4 Å². The highest BCUT2D eigenvalue weighted by Gasteiger charge is 2.10. The van der Waals surface area contributed by atoms with Gasteiger partial charge in [0.15, 0.2) is 0 Å².